The Morgan fingerprint density at radius 2 is 2.00 bits per heavy atom. The second kappa shape index (κ2) is 6.47. The molecule has 1 heterocycles. The maximum Gasteiger partial charge on any atom is 1.00 e. The topological polar surface area (TPSA) is 53.0 Å². The van der Waals surface area contributed by atoms with Crippen LogP contribution in [-0.2, 0) is 17.3 Å². The molecule has 0 bridgehead atoms. The van der Waals surface area contributed by atoms with E-state index in [1.54, 1.807) is 0 Å². The normalized spacial score (nSPS) is 12.8. The number of benzene rings is 1. The quantitative estimate of drug-likeness (QED) is 0.582. The molecule has 0 amide bonds. The number of hydrogen-bond donors (Lipinski definition) is 0. The van der Waals surface area contributed by atoms with E-state index < -0.39 is 22.8 Å². The summed E-state index contributed by atoms with van der Waals surface area (Å²) in [4.78, 5) is -0.0978. The van der Waals surface area contributed by atoms with Gasteiger partial charge in [0.05, 0.1) is 16.2 Å². The number of rotatable bonds is 2. The van der Waals surface area contributed by atoms with Crippen molar-refractivity contribution in [1.82, 2.24) is 4.37 Å². The van der Waals surface area contributed by atoms with E-state index in [2.05, 4.69) is 4.37 Å². The Labute approximate surface area is 135 Å². The van der Waals surface area contributed by atoms with Gasteiger partial charge in [0, 0.05) is 10.9 Å². The minimum absolute atomic E-state index is 0. The molecule has 0 aliphatic carbocycles. The number of alkyl halides is 3. The van der Waals surface area contributed by atoms with Gasteiger partial charge in [-0.05, 0) is 34.7 Å². The molecule has 1 atom stereocenters. The Morgan fingerprint density at radius 1 is 1.32 bits per heavy atom. The summed E-state index contributed by atoms with van der Waals surface area (Å²) in [7, 11) is 0. The fourth-order valence-electron chi connectivity index (χ4n) is 1.38. The van der Waals surface area contributed by atoms with E-state index in [1.165, 1.54) is 17.5 Å². The van der Waals surface area contributed by atoms with Crippen molar-refractivity contribution in [1.29, 1.82) is 0 Å². The van der Waals surface area contributed by atoms with Crippen LogP contribution in [-0.4, -0.2) is 13.1 Å². The van der Waals surface area contributed by atoms with E-state index in [-0.39, 0.29) is 45.7 Å². The van der Waals surface area contributed by atoms with Crippen molar-refractivity contribution in [2.75, 3.05) is 0 Å². The smallest absolute Gasteiger partial charge is 0.768 e. The van der Waals surface area contributed by atoms with Gasteiger partial charge in [-0.15, -0.1) is 0 Å². The molecule has 0 aliphatic rings. The molecular weight excluding hydrogens is 310 g/mol. The van der Waals surface area contributed by atoms with Crippen molar-refractivity contribution in [2.45, 2.75) is 11.1 Å². The predicted octanol–water partition coefficient (Wildman–Crippen LogP) is 0.0709. The molecule has 0 radical (unpaired) electrons. The van der Waals surface area contributed by atoms with Crippen molar-refractivity contribution in [3.05, 3.63) is 35.2 Å². The average Bonchev–Trinajstić information content (AvgIpc) is 2.77. The largest absolute Gasteiger partial charge is 1.00 e. The van der Waals surface area contributed by atoms with Crippen LogP contribution in [0.25, 0.3) is 11.3 Å². The van der Waals surface area contributed by atoms with Gasteiger partial charge in [-0.2, -0.15) is 17.5 Å². The molecule has 0 spiro atoms. The summed E-state index contributed by atoms with van der Waals surface area (Å²) in [5, 5.41) is 1.28. The minimum Gasteiger partial charge on any atom is -0.768 e. The zero-order valence-corrected chi connectivity index (χ0v) is 13.2. The van der Waals surface area contributed by atoms with E-state index in [0.29, 0.717) is 0 Å². The van der Waals surface area contributed by atoms with Crippen molar-refractivity contribution >= 4 is 22.6 Å². The molecule has 96 valence electrons. The van der Waals surface area contributed by atoms with Crippen LogP contribution >= 0.6 is 11.5 Å². The van der Waals surface area contributed by atoms with Gasteiger partial charge in [0.2, 0.25) is 0 Å². The summed E-state index contributed by atoms with van der Waals surface area (Å²) in [6, 6.07) is 4.41. The first-order valence-corrected chi connectivity index (χ1v) is 6.52. The van der Waals surface area contributed by atoms with Gasteiger partial charge < -0.3 is 4.55 Å². The molecule has 0 fully saturated rings. The Morgan fingerprint density at radius 3 is 2.58 bits per heavy atom. The fraction of sp³-hybridized carbons (Fsp3) is 0.100. The maximum absolute atomic E-state index is 12.5. The van der Waals surface area contributed by atoms with Gasteiger partial charge in [-0.1, -0.05) is 12.1 Å². The van der Waals surface area contributed by atoms with Crippen molar-refractivity contribution in [2.24, 2.45) is 0 Å². The SMILES string of the molecule is O=S([O-])c1csnc1-c1cccc(C(F)(F)F)c1.[Na+]. The maximum atomic E-state index is 12.5. The Balaban J connectivity index is 0.00000180. The van der Waals surface area contributed by atoms with Crippen LogP contribution in [0.2, 0.25) is 0 Å². The van der Waals surface area contributed by atoms with Gasteiger partial charge in [-0.3, -0.25) is 4.21 Å². The molecule has 3 nitrogen and oxygen atoms in total. The van der Waals surface area contributed by atoms with E-state index in [1.807, 2.05) is 0 Å². The van der Waals surface area contributed by atoms with E-state index in [9.17, 15) is 21.9 Å². The summed E-state index contributed by atoms with van der Waals surface area (Å²) in [5.74, 6) is 0. The van der Waals surface area contributed by atoms with Crippen LogP contribution in [0.15, 0.2) is 34.5 Å². The van der Waals surface area contributed by atoms with Gasteiger partial charge in [-0.25, -0.2) is 0 Å². The molecule has 0 aliphatic heterocycles. The number of aromatic nitrogens is 1. The van der Waals surface area contributed by atoms with Gasteiger partial charge in [0.25, 0.3) is 0 Å². The summed E-state index contributed by atoms with van der Waals surface area (Å²) in [6.45, 7) is 0. The second-order valence-corrected chi connectivity index (χ2v) is 4.88. The van der Waals surface area contributed by atoms with Crippen molar-refractivity contribution < 1.29 is 51.5 Å². The first-order chi connectivity index (χ1) is 8.39. The Hall–Kier alpha value is -0.250. The molecule has 2 aromatic rings. The van der Waals surface area contributed by atoms with E-state index in [4.69, 9.17) is 0 Å². The molecular formula is C10H5F3NNaO2S2. The summed E-state index contributed by atoms with van der Waals surface area (Å²) in [6.07, 6.45) is -4.47. The molecule has 9 heteroatoms. The summed E-state index contributed by atoms with van der Waals surface area (Å²) in [5.41, 5.74) is -0.666. The second-order valence-electron chi connectivity index (χ2n) is 3.34. The van der Waals surface area contributed by atoms with Crippen LogP contribution < -0.4 is 29.6 Å². The van der Waals surface area contributed by atoms with E-state index in [0.717, 1.165) is 23.7 Å². The number of hydrogen-bond acceptors (Lipinski definition) is 4. The zero-order valence-electron chi connectivity index (χ0n) is 9.60. The van der Waals surface area contributed by atoms with E-state index >= 15 is 0 Å². The number of nitrogens with zero attached hydrogens (tertiary/aromatic N) is 1. The Kier molecular flexibility index (Phi) is 5.72. The van der Waals surface area contributed by atoms with Crippen LogP contribution in [0.3, 0.4) is 0 Å². The molecule has 0 saturated carbocycles. The van der Waals surface area contributed by atoms with Crippen LogP contribution in [0.1, 0.15) is 5.56 Å². The first-order valence-electron chi connectivity index (χ1n) is 4.61. The molecule has 1 aromatic heterocycles. The first kappa shape index (κ1) is 16.8. The van der Waals surface area contributed by atoms with Crippen molar-refractivity contribution in [3.63, 3.8) is 0 Å². The van der Waals surface area contributed by atoms with Crippen molar-refractivity contribution in [3.8, 4) is 11.3 Å². The third kappa shape index (κ3) is 3.87. The zero-order chi connectivity index (χ0) is 13.3. The molecule has 19 heavy (non-hydrogen) atoms. The average molecular weight is 315 g/mol. The third-order valence-corrected chi connectivity index (χ3v) is 3.63. The monoisotopic (exact) mass is 315 g/mol. The fourth-order valence-corrected chi connectivity index (χ4v) is 2.78. The molecule has 0 saturated heterocycles. The third-order valence-electron chi connectivity index (χ3n) is 2.18. The molecule has 0 N–H and O–H groups in total. The van der Waals surface area contributed by atoms with Gasteiger partial charge in [0.1, 0.15) is 0 Å². The van der Waals surface area contributed by atoms with Crippen LogP contribution in [0.4, 0.5) is 13.2 Å². The Bertz CT molecular complexity index is 600. The predicted molar refractivity (Wildman–Crippen MR) is 59.7 cm³/mol. The molecule has 1 unspecified atom stereocenters. The van der Waals surface area contributed by atoms with Gasteiger partial charge in [0.15, 0.2) is 0 Å². The minimum atomic E-state index is -4.47. The summed E-state index contributed by atoms with van der Waals surface area (Å²) >= 11 is -1.64. The van der Waals surface area contributed by atoms with Crippen LogP contribution in [0.5, 0.6) is 0 Å². The standard InChI is InChI=1S/C10H6F3NO2S2.Na/c11-10(12,13)7-3-1-2-6(4-7)9-8(18(15)16)5-17-14-9;/h1-5H,(H,15,16);/q;+1/p-1. The van der Waals surface area contributed by atoms with Crippen LogP contribution in [0, 0.1) is 0 Å². The van der Waals surface area contributed by atoms with Gasteiger partial charge >= 0.3 is 35.7 Å². The number of halogens is 3. The molecule has 1 aromatic carbocycles. The summed E-state index contributed by atoms with van der Waals surface area (Å²) < 4.78 is 63.2. The molecule has 2 rings (SSSR count).